The number of thiazole rings is 1. The highest BCUT2D eigenvalue weighted by molar-refractivity contribution is 7.15. The van der Waals surface area contributed by atoms with Crippen LogP contribution in [0.1, 0.15) is 68.1 Å². The van der Waals surface area contributed by atoms with Crippen LogP contribution in [0.4, 0.5) is 19.1 Å². The molecule has 0 saturated carbocycles. The van der Waals surface area contributed by atoms with Crippen LogP contribution in [0.25, 0.3) is 21.8 Å². The Bertz CT molecular complexity index is 1290. The molecule has 0 aliphatic rings. The lowest BCUT2D eigenvalue weighted by Gasteiger charge is -2.14. The molecule has 2 heterocycles. The minimum Gasteiger partial charge on any atom is -0.348 e. The lowest BCUT2D eigenvalue weighted by Crippen LogP contribution is -2.09. The zero-order chi connectivity index (χ0) is 25.7. The number of hydrogen-bond donors (Lipinski definition) is 1. The number of nitrogens with zero attached hydrogens (tertiary/aromatic N) is 3. The quantitative estimate of drug-likeness (QED) is 0.245. The summed E-state index contributed by atoms with van der Waals surface area (Å²) in [5.41, 5.74) is 2.00. The summed E-state index contributed by atoms with van der Waals surface area (Å²) in [6, 6.07) is 17.1. The van der Waals surface area contributed by atoms with Gasteiger partial charge in [0, 0.05) is 17.7 Å². The van der Waals surface area contributed by atoms with Crippen molar-refractivity contribution in [1.82, 2.24) is 15.0 Å². The van der Waals surface area contributed by atoms with Crippen LogP contribution in [0.3, 0.4) is 0 Å². The zero-order valence-electron chi connectivity index (χ0n) is 20.5. The van der Waals surface area contributed by atoms with Gasteiger partial charge in [-0.15, -0.1) is 11.3 Å². The molecule has 0 fully saturated rings. The van der Waals surface area contributed by atoms with Crippen molar-refractivity contribution in [2.24, 2.45) is 0 Å². The number of rotatable bonds is 9. The Labute approximate surface area is 213 Å². The van der Waals surface area contributed by atoms with Crippen molar-refractivity contribution < 1.29 is 13.2 Å². The molecule has 0 bridgehead atoms. The summed E-state index contributed by atoms with van der Waals surface area (Å²) in [7, 11) is 0. The first-order valence-corrected chi connectivity index (χ1v) is 12.9. The van der Waals surface area contributed by atoms with Gasteiger partial charge in [-0.1, -0.05) is 62.7 Å². The summed E-state index contributed by atoms with van der Waals surface area (Å²) >= 11 is 1.51. The van der Waals surface area contributed by atoms with Gasteiger partial charge in [-0.05, 0) is 43.5 Å². The highest BCUT2D eigenvalue weighted by Gasteiger charge is 2.31. The van der Waals surface area contributed by atoms with Crippen LogP contribution in [0.2, 0.25) is 0 Å². The van der Waals surface area contributed by atoms with E-state index in [1.807, 2.05) is 37.3 Å². The van der Waals surface area contributed by atoms with Gasteiger partial charge in [-0.25, -0.2) is 15.0 Å². The zero-order valence-corrected chi connectivity index (χ0v) is 21.3. The number of nitrogens with one attached hydrogen (secondary N) is 1. The third-order valence-corrected chi connectivity index (χ3v) is 7.36. The van der Waals surface area contributed by atoms with Gasteiger partial charge in [0.1, 0.15) is 0 Å². The molecule has 0 aliphatic heterocycles. The van der Waals surface area contributed by atoms with Gasteiger partial charge >= 0.3 is 6.18 Å². The van der Waals surface area contributed by atoms with Crippen LogP contribution in [0.15, 0.2) is 66.9 Å². The van der Waals surface area contributed by atoms with Crippen LogP contribution in [0, 0.1) is 0 Å². The Morgan fingerprint density at radius 3 is 2.44 bits per heavy atom. The first-order chi connectivity index (χ1) is 17.3. The van der Waals surface area contributed by atoms with Crippen LogP contribution in [-0.2, 0) is 6.18 Å². The second kappa shape index (κ2) is 11.2. The van der Waals surface area contributed by atoms with Gasteiger partial charge in [0.15, 0.2) is 0 Å². The number of aromatic nitrogens is 3. The maximum absolute atomic E-state index is 13.5. The normalized spacial score (nSPS) is 13.4. The van der Waals surface area contributed by atoms with Crippen molar-refractivity contribution in [3.05, 3.63) is 83.0 Å². The van der Waals surface area contributed by atoms with E-state index in [4.69, 9.17) is 9.97 Å². The maximum Gasteiger partial charge on any atom is 0.416 e. The van der Waals surface area contributed by atoms with E-state index in [9.17, 15) is 13.2 Å². The average Bonchev–Trinajstić information content (AvgIpc) is 3.33. The first-order valence-electron chi connectivity index (χ1n) is 12.1. The van der Waals surface area contributed by atoms with E-state index in [2.05, 4.69) is 24.1 Å². The largest absolute Gasteiger partial charge is 0.416 e. The Balaban J connectivity index is 1.76. The van der Waals surface area contributed by atoms with Crippen molar-refractivity contribution in [1.29, 1.82) is 0 Å². The van der Waals surface area contributed by atoms with E-state index < -0.39 is 11.7 Å². The number of anilines is 1. The van der Waals surface area contributed by atoms with E-state index in [-0.39, 0.29) is 12.0 Å². The fourth-order valence-electron chi connectivity index (χ4n) is 4.15. The Hall–Kier alpha value is -3.26. The summed E-state index contributed by atoms with van der Waals surface area (Å²) in [5, 5.41) is 4.25. The molecule has 188 valence electrons. The minimum atomic E-state index is -4.43. The maximum atomic E-state index is 13.5. The molecule has 2 unspecified atom stereocenters. The molecule has 36 heavy (non-hydrogen) atoms. The topological polar surface area (TPSA) is 50.7 Å². The van der Waals surface area contributed by atoms with Crippen LogP contribution in [-0.4, -0.2) is 15.0 Å². The summed E-state index contributed by atoms with van der Waals surface area (Å²) in [6.45, 7) is 6.27. The summed E-state index contributed by atoms with van der Waals surface area (Å²) in [4.78, 5) is 14.7. The fraction of sp³-hybridized carbons (Fsp3) is 0.321. The second-order valence-corrected chi connectivity index (χ2v) is 9.78. The Morgan fingerprint density at radius 2 is 1.75 bits per heavy atom. The SMILES string of the molecule is CCCC(CC)c1nc(-c2cccc(C(F)(F)F)c2)c(-c2ccnc(NC(C)c3ccccc3)n2)s1. The molecule has 2 atom stereocenters. The predicted molar refractivity (Wildman–Crippen MR) is 140 cm³/mol. The van der Waals surface area contributed by atoms with E-state index in [0.717, 1.165) is 40.8 Å². The number of halogens is 3. The molecule has 2 aromatic heterocycles. The number of alkyl halides is 3. The van der Waals surface area contributed by atoms with Crippen LogP contribution >= 0.6 is 11.3 Å². The van der Waals surface area contributed by atoms with Crippen molar-refractivity contribution in [2.45, 2.75) is 58.2 Å². The number of hydrogen-bond acceptors (Lipinski definition) is 5. The van der Waals surface area contributed by atoms with E-state index >= 15 is 0 Å². The third-order valence-electron chi connectivity index (χ3n) is 6.12. The molecule has 4 rings (SSSR count). The molecule has 0 saturated heterocycles. The van der Waals surface area contributed by atoms with Gasteiger partial charge in [-0.3, -0.25) is 0 Å². The predicted octanol–water partition coefficient (Wildman–Crippen LogP) is 8.75. The smallest absolute Gasteiger partial charge is 0.348 e. The number of benzene rings is 2. The highest BCUT2D eigenvalue weighted by atomic mass is 32.1. The van der Waals surface area contributed by atoms with Gasteiger partial charge in [0.05, 0.1) is 32.9 Å². The molecule has 0 spiro atoms. The van der Waals surface area contributed by atoms with Crippen molar-refractivity contribution in [3.8, 4) is 21.8 Å². The second-order valence-electron chi connectivity index (χ2n) is 8.74. The van der Waals surface area contributed by atoms with E-state index in [0.29, 0.717) is 22.9 Å². The molecule has 1 N–H and O–H groups in total. The van der Waals surface area contributed by atoms with Crippen LogP contribution < -0.4 is 5.32 Å². The lowest BCUT2D eigenvalue weighted by atomic mass is 10.0. The van der Waals surface area contributed by atoms with E-state index in [1.54, 1.807) is 18.3 Å². The van der Waals surface area contributed by atoms with Gasteiger partial charge in [0.2, 0.25) is 5.95 Å². The molecule has 0 radical (unpaired) electrons. The monoisotopic (exact) mass is 510 g/mol. The molecular weight excluding hydrogens is 481 g/mol. The fourth-order valence-corrected chi connectivity index (χ4v) is 5.42. The van der Waals surface area contributed by atoms with Gasteiger partial charge in [0.25, 0.3) is 0 Å². The van der Waals surface area contributed by atoms with Crippen molar-refractivity contribution >= 4 is 17.3 Å². The summed E-state index contributed by atoms with van der Waals surface area (Å²) in [5.74, 6) is 0.699. The van der Waals surface area contributed by atoms with Crippen LogP contribution in [0.5, 0.6) is 0 Å². The van der Waals surface area contributed by atoms with E-state index in [1.165, 1.54) is 23.5 Å². The molecule has 4 nitrogen and oxygen atoms in total. The molecule has 8 heteroatoms. The van der Waals surface area contributed by atoms with Crippen molar-refractivity contribution in [3.63, 3.8) is 0 Å². The van der Waals surface area contributed by atoms with Gasteiger partial charge in [-0.2, -0.15) is 13.2 Å². The Kier molecular flexibility index (Phi) is 8.04. The highest BCUT2D eigenvalue weighted by Crippen LogP contribution is 2.42. The standard InChI is InChI=1S/C28H29F3N4S/c1-4-10-19(5-2)26-35-24(21-13-9-14-22(17-21)28(29,30)31)25(36-26)23-15-16-32-27(34-23)33-18(3)20-11-7-6-8-12-20/h6-9,11-19H,4-5,10H2,1-3H3,(H,32,33,34). The molecule has 2 aromatic carbocycles. The third kappa shape index (κ3) is 5.93. The lowest BCUT2D eigenvalue weighted by molar-refractivity contribution is -0.137. The first kappa shape index (κ1) is 25.8. The van der Waals surface area contributed by atoms with Gasteiger partial charge < -0.3 is 5.32 Å². The van der Waals surface area contributed by atoms with Crippen molar-refractivity contribution in [2.75, 3.05) is 5.32 Å². The summed E-state index contributed by atoms with van der Waals surface area (Å²) in [6.07, 6.45) is 0.125. The summed E-state index contributed by atoms with van der Waals surface area (Å²) < 4.78 is 40.4. The molecule has 0 amide bonds. The molecule has 0 aliphatic carbocycles. The molecule has 4 aromatic rings. The minimum absolute atomic E-state index is 0.0181. The average molecular weight is 511 g/mol. The Morgan fingerprint density at radius 1 is 0.972 bits per heavy atom. The molecular formula is C28H29F3N4S.